The van der Waals surface area contributed by atoms with Gasteiger partial charge in [0.2, 0.25) is 0 Å². The highest BCUT2D eigenvalue weighted by molar-refractivity contribution is 6.20. The summed E-state index contributed by atoms with van der Waals surface area (Å²) in [7, 11) is 0. The van der Waals surface area contributed by atoms with Crippen molar-refractivity contribution in [3.8, 4) is 0 Å². The summed E-state index contributed by atoms with van der Waals surface area (Å²) in [5.74, 6) is -1.47. The van der Waals surface area contributed by atoms with Gasteiger partial charge in [-0.05, 0) is 30.5 Å². The molecule has 0 spiro atoms. The van der Waals surface area contributed by atoms with E-state index in [0.717, 1.165) is 10.6 Å². The van der Waals surface area contributed by atoms with Gasteiger partial charge in [-0.15, -0.1) is 5.06 Å². The summed E-state index contributed by atoms with van der Waals surface area (Å²) in [6.45, 7) is 0.254. The van der Waals surface area contributed by atoms with E-state index in [4.69, 9.17) is 15.3 Å². The van der Waals surface area contributed by atoms with Gasteiger partial charge < -0.3 is 10.5 Å². The van der Waals surface area contributed by atoms with E-state index in [-0.39, 0.29) is 13.2 Å². The number of amides is 2. The Morgan fingerprint density at radius 3 is 2.19 bits per heavy atom. The molecule has 0 saturated carbocycles. The first-order valence-corrected chi connectivity index (χ1v) is 8.65. The molecule has 2 N–H and O–H groups in total. The Morgan fingerprint density at radius 1 is 0.963 bits per heavy atom. The smallest absolute Gasteiger partial charge is 0.323 e. The number of rotatable bonds is 8. The standard InChI is InChI=1S/C20H20N2O5/c21-17(20(25)26-13-14-7-2-1-3-8-14)11-6-12-27-22-18(23)15-9-4-5-10-16(15)19(22)24/h1-5,7-10,17H,6,11-13,21H2/t17-/m0/s1. The molecular weight excluding hydrogens is 348 g/mol. The van der Waals surface area contributed by atoms with E-state index in [2.05, 4.69) is 0 Å². The number of hydroxylamine groups is 2. The third-order valence-electron chi connectivity index (χ3n) is 4.16. The van der Waals surface area contributed by atoms with Gasteiger partial charge in [-0.2, -0.15) is 0 Å². The first-order valence-electron chi connectivity index (χ1n) is 8.65. The largest absolute Gasteiger partial charge is 0.460 e. The average molecular weight is 368 g/mol. The van der Waals surface area contributed by atoms with Crippen LogP contribution in [-0.4, -0.2) is 35.5 Å². The SMILES string of the molecule is N[C@@H](CCCON1C(=O)c2ccccc2C1=O)C(=O)OCc1ccccc1. The summed E-state index contributed by atoms with van der Waals surface area (Å²) in [6, 6.07) is 15.1. The summed E-state index contributed by atoms with van der Waals surface area (Å²) in [4.78, 5) is 41.5. The molecule has 2 amide bonds. The number of nitrogens with two attached hydrogens (primary N) is 1. The monoisotopic (exact) mass is 368 g/mol. The molecule has 2 aromatic carbocycles. The molecule has 27 heavy (non-hydrogen) atoms. The third kappa shape index (κ3) is 4.39. The van der Waals surface area contributed by atoms with Crippen molar-refractivity contribution in [2.45, 2.75) is 25.5 Å². The molecule has 0 aliphatic carbocycles. The van der Waals surface area contributed by atoms with Crippen LogP contribution in [0.25, 0.3) is 0 Å². The van der Waals surface area contributed by atoms with Gasteiger partial charge in [0.25, 0.3) is 11.8 Å². The van der Waals surface area contributed by atoms with Crippen molar-refractivity contribution in [3.05, 3.63) is 71.3 Å². The van der Waals surface area contributed by atoms with Crippen molar-refractivity contribution in [1.82, 2.24) is 5.06 Å². The van der Waals surface area contributed by atoms with Crippen LogP contribution in [0.2, 0.25) is 0 Å². The van der Waals surface area contributed by atoms with Crippen molar-refractivity contribution in [2.24, 2.45) is 5.73 Å². The second-order valence-electron chi connectivity index (χ2n) is 6.13. The molecule has 7 heteroatoms. The maximum Gasteiger partial charge on any atom is 0.323 e. The maximum atomic E-state index is 12.1. The molecule has 0 radical (unpaired) electrons. The number of benzene rings is 2. The van der Waals surface area contributed by atoms with Gasteiger partial charge in [0.05, 0.1) is 17.7 Å². The average Bonchev–Trinajstić information content (AvgIpc) is 2.95. The van der Waals surface area contributed by atoms with Crippen molar-refractivity contribution in [3.63, 3.8) is 0 Å². The fourth-order valence-electron chi connectivity index (χ4n) is 2.70. The molecule has 1 aliphatic rings. The Hall–Kier alpha value is -3.03. The number of nitrogens with zero attached hydrogens (tertiary/aromatic N) is 1. The minimum Gasteiger partial charge on any atom is -0.460 e. The molecular formula is C20H20N2O5. The first kappa shape index (κ1) is 18.8. The maximum absolute atomic E-state index is 12.1. The van der Waals surface area contributed by atoms with E-state index in [1.54, 1.807) is 24.3 Å². The van der Waals surface area contributed by atoms with Crippen LogP contribution >= 0.6 is 0 Å². The lowest BCUT2D eigenvalue weighted by Gasteiger charge is -2.15. The number of fused-ring (bicyclic) bond motifs is 1. The molecule has 2 aromatic rings. The van der Waals surface area contributed by atoms with E-state index in [9.17, 15) is 14.4 Å². The number of imide groups is 1. The van der Waals surface area contributed by atoms with Crippen LogP contribution in [0.1, 0.15) is 39.1 Å². The van der Waals surface area contributed by atoms with Gasteiger partial charge in [0, 0.05) is 0 Å². The van der Waals surface area contributed by atoms with Crippen LogP contribution < -0.4 is 5.73 Å². The lowest BCUT2D eigenvalue weighted by atomic mass is 10.1. The van der Waals surface area contributed by atoms with Gasteiger partial charge >= 0.3 is 5.97 Å². The van der Waals surface area contributed by atoms with Crippen molar-refractivity contribution >= 4 is 17.8 Å². The Labute approximate surface area is 156 Å². The minimum atomic E-state index is -0.792. The number of carbonyl (C=O) groups is 3. The molecule has 1 aliphatic heterocycles. The van der Waals surface area contributed by atoms with Gasteiger partial charge in [-0.25, -0.2) is 0 Å². The van der Waals surface area contributed by atoms with Gasteiger partial charge in [-0.3, -0.25) is 19.2 Å². The molecule has 1 heterocycles. The first-order chi connectivity index (χ1) is 13.1. The highest BCUT2D eigenvalue weighted by atomic mass is 16.7. The number of carbonyl (C=O) groups excluding carboxylic acids is 3. The normalized spacial score (nSPS) is 14.2. The number of esters is 1. The molecule has 0 unspecified atom stereocenters. The summed E-state index contributed by atoms with van der Waals surface area (Å²) in [5.41, 5.74) is 7.35. The molecule has 1 atom stereocenters. The Bertz CT molecular complexity index is 802. The van der Waals surface area contributed by atoms with Crippen LogP contribution in [0.3, 0.4) is 0 Å². The van der Waals surface area contributed by atoms with E-state index < -0.39 is 23.8 Å². The van der Waals surface area contributed by atoms with E-state index in [1.165, 1.54) is 0 Å². The minimum absolute atomic E-state index is 0.0884. The third-order valence-corrected chi connectivity index (χ3v) is 4.16. The van der Waals surface area contributed by atoms with Crippen LogP contribution in [0.4, 0.5) is 0 Å². The van der Waals surface area contributed by atoms with Gasteiger partial charge in [0.1, 0.15) is 12.6 Å². The second-order valence-corrected chi connectivity index (χ2v) is 6.13. The number of hydrogen-bond acceptors (Lipinski definition) is 6. The highest BCUT2D eigenvalue weighted by Crippen LogP contribution is 2.22. The zero-order chi connectivity index (χ0) is 19.2. The quantitative estimate of drug-likeness (QED) is 0.435. The lowest BCUT2D eigenvalue weighted by molar-refractivity contribution is -0.147. The fourth-order valence-corrected chi connectivity index (χ4v) is 2.70. The molecule has 0 fully saturated rings. The molecule has 7 nitrogen and oxygen atoms in total. The molecule has 0 bridgehead atoms. The van der Waals surface area contributed by atoms with Crippen molar-refractivity contribution < 1.29 is 24.0 Å². The molecule has 0 aromatic heterocycles. The second kappa shape index (κ2) is 8.57. The highest BCUT2D eigenvalue weighted by Gasteiger charge is 2.36. The van der Waals surface area contributed by atoms with Crippen LogP contribution in [0, 0.1) is 0 Å². The predicted octanol–water partition coefficient (Wildman–Crippen LogP) is 2.07. The van der Waals surface area contributed by atoms with Crippen molar-refractivity contribution in [1.29, 1.82) is 0 Å². The number of ether oxygens (including phenoxy) is 1. The molecule has 0 saturated heterocycles. The zero-order valence-electron chi connectivity index (χ0n) is 14.7. The Balaban J connectivity index is 1.39. The summed E-state index contributed by atoms with van der Waals surface area (Å²) < 4.78 is 5.17. The topological polar surface area (TPSA) is 98.9 Å². The Morgan fingerprint density at radius 2 is 1.56 bits per heavy atom. The summed E-state index contributed by atoms with van der Waals surface area (Å²) in [6.07, 6.45) is 0.714. The van der Waals surface area contributed by atoms with E-state index in [1.807, 2.05) is 30.3 Å². The summed E-state index contributed by atoms with van der Waals surface area (Å²) in [5, 5.41) is 0.754. The van der Waals surface area contributed by atoms with Crippen molar-refractivity contribution in [2.75, 3.05) is 6.61 Å². The molecule has 3 rings (SSSR count). The number of hydrogen-bond donors (Lipinski definition) is 1. The Kier molecular flexibility index (Phi) is 5.95. The zero-order valence-corrected chi connectivity index (χ0v) is 14.7. The van der Waals surface area contributed by atoms with E-state index >= 15 is 0 Å². The van der Waals surface area contributed by atoms with Gasteiger partial charge in [0.15, 0.2) is 0 Å². The fraction of sp³-hybridized carbons (Fsp3) is 0.250. The predicted molar refractivity (Wildman–Crippen MR) is 96.3 cm³/mol. The van der Waals surface area contributed by atoms with Crippen LogP contribution in [0.5, 0.6) is 0 Å². The van der Waals surface area contributed by atoms with Gasteiger partial charge in [-0.1, -0.05) is 42.5 Å². The summed E-state index contributed by atoms with van der Waals surface area (Å²) >= 11 is 0. The molecule has 140 valence electrons. The van der Waals surface area contributed by atoms with E-state index in [0.29, 0.717) is 24.0 Å². The lowest BCUT2D eigenvalue weighted by Crippen LogP contribution is -2.33. The van der Waals surface area contributed by atoms with Crippen LogP contribution in [0.15, 0.2) is 54.6 Å². The van der Waals surface area contributed by atoms with Crippen LogP contribution in [-0.2, 0) is 21.0 Å².